The number of aryl methyl sites for hydroxylation is 1. The number of hydrogen-bond acceptors (Lipinski definition) is 4. The van der Waals surface area contributed by atoms with Crippen molar-refractivity contribution in [2.75, 3.05) is 6.54 Å². The first-order valence-corrected chi connectivity index (χ1v) is 8.58. The van der Waals surface area contributed by atoms with E-state index < -0.39 is 0 Å². The summed E-state index contributed by atoms with van der Waals surface area (Å²) >= 11 is 0. The number of aromatic nitrogens is 5. The molecule has 0 aliphatic carbocycles. The van der Waals surface area contributed by atoms with E-state index in [9.17, 15) is 9.18 Å². The number of nitrogens with one attached hydrogen (secondary N) is 1. The Morgan fingerprint density at radius 2 is 2.12 bits per heavy atom. The van der Waals surface area contributed by atoms with Crippen LogP contribution >= 0.6 is 0 Å². The van der Waals surface area contributed by atoms with Gasteiger partial charge in [0.15, 0.2) is 5.69 Å². The molecule has 0 unspecified atom stereocenters. The Labute approximate surface area is 150 Å². The number of carbonyl (C=O) groups excluding carboxylic acids is 1. The number of imidazole rings is 1. The Balaban J connectivity index is 1.57. The first-order valence-electron chi connectivity index (χ1n) is 8.58. The van der Waals surface area contributed by atoms with Crippen LogP contribution in [0.15, 0.2) is 49.2 Å². The molecule has 0 radical (unpaired) electrons. The molecule has 26 heavy (non-hydrogen) atoms. The summed E-state index contributed by atoms with van der Waals surface area (Å²) in [5, 5.41) is 10.9. The molecule has 0 fully saturated rings. The van der Waals surface area contributed by atoms with Crippen LogP contribution in [0.4, 0.5) is 4.39 Å². The third-order valence-electron chi connectivity index (χ3n) is 4.14. The zero-order chi connectivity index (χ0) is 18.4. The summed E-state index contributed by atoms with van der Waals surface area (Å²) in [5.41, 5.74) is 1.19. The SMILES string of the molecule is CC[C@@H](c1ccc(F)cc1)n1cc(C(=O)NCCCn2ccnc2)nn1. The maximum atomic E-state index is 13.1. The van der Waals surface area contributed by atoms with E-state index in [1.807, 2.05) is 17.7 Å². The predicted octanol–water partition coefficient (Wildman–Crippen LogP) is 2.43. The summed E-state index contributed by atoms with van der Waals surface area (Å²) in [6, 6.07) is 6.19. The first kappa shape index (κ1) is 17.8. The zero-order valence-electron chi connectivity index (χ0n) is 14.5. The van der Waals surface area contributed by atoms with Crippen LogP contribution in [0.3, 0.4) is 0 Å². The van der Waals surface area contributed by atoms with Crippen molar-refractivity contribution in [1.82, 2.24) is 29.9 Å². The van der Waals surface area contributed by atoms with Gasteiger partial charge < -0.3 is 9.88 Å². The van der Waals surface area contributed by atoms with Gasteiger partial charge in [-0.1, -0.05) is 24.3 Å². The second-order valence-corrected chi connectivity index (χ2v) is 5.97. The highest BCUT2D eigenvalue weighted by Gasteiger charge is 2.17. The Morgan fingerprint density at radius 1 is 1.31 bits per heavy atom. The lowest BCUT2D eigenvalue weighted by Crippen LogP contribution is -2.25. The molecule has 136 valence electrons. The average Bonchev–Trinajstić information content (AvgIpc) is 3.33. The first-order chi connectivity index (χ1) is 12.7. The third-order valence-corrected chi connectivity index (χ3v) is 4.14. The molecular formula is C18H21FN6O. The maximum Gasteiger partial charge on any atom is 0.273 e. The molecule has 1 atom stereocenters. The standard InChI is InChI=1S/C18H21FN6O/c1-2-17(14-4-6-15(19)7-5-14)25-12-16(22-23-25)18(26)21-8-3-10-24-11-9-20-13-24/h4-7,9,11-13,17H,2-3,8,10H2,1H3,(H,21,26)/t17-/m0/s1. The number of amides is 1. The van der Waals surface area contributed by atoms with Crippen molar-refractivity contribution in [1.29, 1.82) is 0 Å². The summed E-state index contributed by atoms with van der Waals surface area (Å²) < 4.78 is 16.7. The predicted molar refractivity (Wildman–Crippen MR) is 94.0 cm³/mol. The van der Waals surface area contributed by atoms with E-state index in [0.717, 1.165) is 24.9 Å². The van der Waals surface area contributed by atoms with Gasteiger partial charge in [-0.15, -0.1) is 5.10 Å². The lowest BCUT2D eigenvalue weighted by Gasteiger charge is -2.14. The van der Waals surface area contributed by atoms with Crippen LogP contribution in [-0.4, -0.2) is 37.0 Å². The van der Waals surface area contributed by atoms with Crippen LogP contribution in [0.5, 0.6) is 0 Å². The fraction of sp³-hybridized carbons (Fsp3) is 0.333. The van der Waals surface area contributed by atoms with Crippen molar-refractivity contribution in [2.45, 2.75) is 32.4 Å². The smallest absolute Gasteiger partial charge is 0.273 e. The van der Waals surface area contributed by atoms with Crippen molar-refractivity contribution in [3.05, 3.63) is 66.3 Å². The summed E-state index contributed by atoms with van der Waals surface area (Å²) in [6.07, 6.45) is 8.52. The number of benzene rings is 1. The Bertz CT molecular complexity index is 828. The summed E-state index contributed by atoms with van der Waals surface area (Å²) in [7, 11) is 0. The van der Waals surface area contributed by atoms with Gasteiger partial charge in [-0.25, -0.2) is 14.1 Å². The molecule has 1 amide bonds. The molecule has 1 N–H and O–H groups in total. The highest BCUT2D eigenvalue weighted by molar-refractivity contribution is 5.91. The molecule has 2 heterocycles. The van der Waals surface area contributed by atoms with E-state index in [4.69, 9.17) is 0 Å². The quantitative estimate of drug-likeness (QED) is 0.629. The zero-order valence-corrected chi connectivity index (χ0v) is 14.5. The Morgan fingerprint density at radius 3 is 2.81 bits per heavy atom. The van der Waals surface area contributed by atoms with Crippen LogP contribution in [-0.2, 0) is 6.54 Å². The van der Waals surface area contributed by atoms with Gasteiger partial charge in [-0.05, 0) is 30.5 Å². The van der Waals surface area contributed by atoms with E-state index in [1.165, 1.54) is 12.1 Å². The molecule has 3 aromatic rings. The fourth-order valence-electron chi connectivity index (χ4n) is 2.77. The van der Waals surface area contributed by atoms with Crippen molar-refractivity contribution < 1.29 is 9.18 Å². The molecule has 0 saturated carbocycles. The monoisotopic (exact) mass is 356 g/mol. The van der Waals surface area contributed by atoms with Gasteiger partial charge in [0.1, 0.15) is 5.82 Å². The lowest BCUT2D eigenvalue weighted by atomic mass is 10.0. The van der Waals surface area contributed by atoms with E-state index in [1.54, 1.807) is 35.5 Å². The largest absolute Gasteiger partial charge is 0.351 e. The Hall–Kier alpha value is -3.03. The number of nitrogens with zero attached hydrogens (tertiary/aromatic N) is 5. The maximum absolute atomic E-state index is 13.1. The number of carbonyl (C=O) groups is 1. The topological polar surface area (TPSA) is 77.6 Å². The van der Waals surface area contributed by atoms with Gasteiger partial charge >= 0.3 is 0 Å². The van der Waals surface area contributed by atoms with Gasteiger partial charge in [0.25, 0.3) is 5.91 Å². The second-order valence-electron chi connectivity index (χ2n) is 5.97. The summed E-state index contributed by atoms with van der Waals surface area (Å²) in [4.78, 5) is 16.2. The van der Waals surface area contributed by atoms with Crippen LogP contribution in [0, 0.1) is 5.82 Å². The van der Waals surface area contributed by atoms with E-state index in [-0.39, 0.29) is 23.5 Å². The summed E-state index contributed by atoms with van der Waals surface area (Å²) in [5.74, 6) is -0.534. The normalized spacial score (nSPS) is 12.1. The number of hydrogen-bond donors (Lipinski definition) is 1. The van der Waals surface area contributed by atoms with Crippen LogP contribution in [0.25, 0.3) is 0 Å². The van der Waals surface area contributed by atoms with E-state index >= 15 is 0 Å². The van der Waals surface area contributed by atoms with Crippen molar-refractivity contribution in [3.63, 3.8) is 0 Å². The number of rotatable bonds is 8. The number of halogens is 1. The third kappa shape index (κ3) is 4.33. The Kier molecular flexibility index (Phi) is 5.73. The highest BCUT2D eigenvalue weighted by atomic mass is 19.1. The highest BCUT2D eigenvalue weighted by Crippen LogP contribution is 2.21. The van der Waals surface area contributed by atoms with Gasteiger partial charge in [0, 0.05) is 25.5 Å². The minimum atomic E-state index is -0.280. The molecule has 0 bridgehead atoms. The second kappa shape index (κ2) is 8.37. The molecule has 7 nitrogen and oxygen atoms in total. The van der Waals surface area contributed by atoms with Crippen LogP contribution in [0.2, 0.25) is 0 Å². The van der Waals surface area contributed by atoms with Gasteiger partial charge in [-0.3, -0.25) is 4.79 Å². The van der Waals surface area contributed by atoms with Crippen molar-refractivity contribution in [3.8, 4) is 0 Å². The fourth-order valence-corrected chi connectivity index (χ4v) is 2.77. The molecule has 1 aromatic carbocycles. The molecule has 0 aliphatic rings. The van der Waals surface area contributed by atoms with Crippen LogP contribution in [0.1, 0.15) is 41.9 Å². The molecule has 2 aromatic heterocycles. The van der Waals surface area contributed by atoms with Crippen molar-refractivity contribution >= 4 is 5.91 Å². The minimum Gasteiger partial charge on any atom is -0.351 e. The van der Waals surface area contributed by atoms with Gasteiger partial charge in [0.2, 0.25) is 0 Å². The van der Waals surface area contributed by atoms with Gasteiger partial charge in [-0.2, -0.15) is 0 Å². The average molecular weight is 356 g/mol. The molecule has 0 saturated heterocycles. The molecular weight excluding hydrogens is 335 g/mol. The minimum absolute atomic E-state index is 0.0918. The molecule has 3 rings (SSSR count). The molecule has 0 spiro atoms. The van der Waals surface area contributed by atoms with Crippen molar-refractivity contribution in [2.24, 2.45) is 0 Å². The summed E-state index contributed by atoms with van der Waals surface area (Å²) in [6.45, 7) is 3.33. The molecule has 8 heteroatoms. The molecule has 0 aliphatic heterocycles. The van der Waals surface area contributed by atoms with E-state index in [0.29, 0.717) is 6.54 Å². The van der Waals surface area contributed by atoms with Crippen LogP contribution < -0.4 is 5.32 Å². The van der Waals surface area contributed by atoms with Gasteiger partial charge in [0.05, 0.1) is 18.6 Å². The lowest BCUT2D eigenvalue weighted by molar-refractivity contribution is 0.0947. The van der Waals surface area contributed by atoms with E-state index in [2.05, 4.69) is 20.6 Å².